The fraction of sp³-hybridized carbons (Fsp3) is 0.423. The van der Waals surface area contributed by atoms with Crippen LogP contribution in [0.1, 0.15) is 44.7 Å². The van der Waals surface area contributed by atoms with Gasteiger partial charge >= 0.3 is 5.97 Å². The summed E-state index contributed by atoms with van der Waals surface area (Å²) >= 11 is 0. The highest BCUT2D eigenvalue weighted by atomic mass is 16.5. The number of imidazole rings is 1. The number of aromatic nitrogens is 2. The van der Waals surface area contributed by atoms with E-state index < -0.39 is 17.9 Å². The third-order valence-corrected chi connectivity index (χ3v) is 6.23. The Morgan fingerprint density at radius 1 is 1.06 bits per heavy atom. The molecule has 34 heavy (non-hydrogen) atoms. The normalized spacial score (nSPS) is 17.5. The number of anilines is 1. The van der Waals surface area contributed by atoms with Gasteiger partial charge in [-0.1, -0.05) is 31.9 Å². The van der Waals surface area contributed by atoms with Crippen molar-refractivity contribution in [2.24, 2.45) is 5.92 Å². The maximum absolute atomic E-state index is 13.9. The van der Waals surface area contributed by atoms with Gasteiger partial charge in [0, 0.05) is 18.2 Å². The second kappa shape index (κ2) is 10.2. The lowest BCUT2D eigenvalue weighted by atomic mass is 9.88. The molecule has 0 aliphatic carbocycles. The molecular weight excluding hydrogens is 434 g/mol. The van der Waals surface area contributed by atoms with E-state index in [9.17, 15) is 9.59 Å². The molecule has 0 fully saturated rings. The Balaban J connectivity index is 1.98. The number of carbonyl (C=O) groups is 2. The predicted octanol–water partition coefficient (Wildman–Crippen LogP) is 4.36. The molecule has 3 aromatic rings. The zero-order chi connectivity index (χ0) is 24.2. The van der Waals surface area contributed by atoms with Gasteiger partial charge in [-0.25, -0.2) is 4.98 Å². The first-order chi connectivity index (χ1) is 16.5. The SMILES string of the molecule is CCCCCN1C(=O)[C@H](C(=O)OCC)[C@H](c2ccc(OC)cc2OC)n2c1nc1ccccc12. The average Bonchev–Trinajstić information content (AvgIpc) is 3.24. The molecule has 2 heterocycles. The van der Waals surface area contributed by atoms with Crippen molar-refractivity contribution in [1.82, 2.24) is 9.55 Å². The standard InChI is InChI=1S/C26H31N3O5/c1-5-7-10-15-28-24(30)22(25(31)34-6-2)23(18-14-13-17(32-3)16-21(18)33-4)29-20-12-9-8-11-19(20)27-26(28)29/h8-9,11-14,16,22-23H,5-7,10,15H2,1-4H3/t22-,23+/m1/s1. The van der Waals surface area contributed by atoms with Crippen molar-refractivity contribution >= 4 is 28.9 Å². The van der Waals surface area contributed by atoms with Crippen LogP contribution in [0.25, 0.3) is 11.0 Å². The van der Waals surface area contributed by atoms with Crippen LogP contribution in [0.3, 0.4) is 0 Å². The molecule has 0 radical (unpaired) electrons. The molecule has 4 rings (SSSR count). The lowest BCUT2D eigenvalue weighted by molar-refractivity contribution is -0.153. The number of nitrogens with zero attached hydrogens (tertiary/aromatic N) is 3. The van der Waals surface area contributed by atoms with Crippen molar-refractivity contribution in [3.63, 3.8) is 0 Å². The number of ether oxygens (including phenoxy) is 3. The average molecular weight is 466 g/mol. The van der Waals surface area contributed by atoms with Gasteiger partial charge in [-0.05, 0) is 37.6 Å². The molecule has 8 heteroatoms. The van der Waals surface area contributed by atoms with Gasteiger partial charge in [-0.2, -0.15) is 0 Å². The van der Waals surface area contributed by atoms with E-state index in [2.05, 4.69) is 6.92 Å². The molecule has 0 spiro atoms. The third-order valence-electron chi connectivity index (χ3n) is 6.23. The number of amides is 1. The number of hydrogen-bond acceptors (Lipinski definition) is 6. The molecule has 0 N–H and O–H groups in total. The number of rotatable bonds is 9. The van der Waals surface area contributed by atoms with Gasteiger partial charge in [0.05, 0.1) is 37.9 Å². The molecule has 0 bridgehead atoms. The van der Waals surface area contributed by atoms with Gasteiger partial charge in [-0.15, -0.1) is 0 Å². The van der Waals surface area contributed by atoms with Crippen LogP contribution in [0.4, 0.5) is 5.95 Å². The topological polar surface area (TPSA) is 82.9 Å². The summed E-state index contributed by atoms with van der Waals surface area (Å²) in [4.78, 5) is 33.6. The van der Waals surface area contributed by atoms with Crippen molar-refractivity contribution in [2.75, 3.05) is 32.3 Å². The van der Waals surface area contributed by atoms with Gasteiger partial charge in [-0.3, -0.25) is 14.5 Å². The highest BCUT2D eigenvalue weighted by Gasteiger charge is 2.48. The third kappa shape index (κ3) is 4.08. The first kappa shape index (κ1) is 23.6. The van der Waals surface area contributed by atoms with Gasteiger partial charge in [0.1, 0.15) is 11.5 Å². The molecule has 2 atom stereocenters. The quantitative estimate of drug-likeness (QED) is 0.265. The Morgan fingerprint density at radius 2 is 1.85 bits per heavy atom. The Bertz CT molecular complexity index is 1190. The van der Waals surface area contributed by atoms with E-state index in [1.54, 1.807) is 38.2 Å². The number of para-hydroxylation sites is 2. The summed E-state index contributed by atoms with van der Waals surface area (Å²) < 4.78 is 18.4. The van der Waals surface area contributed by atoms with E-state index in [1.807, 2.05) is 34.9 Å². The van der Waals surface area contributed by atoms with Crippen LogP contribution in [-0.4, -0.2) is 48.8 Å². The molecule has 8 nitrogen and oxygen atoms in total. The van der Waals surface area contributed by atoms with Gasteiger partial charge in [0.2, 0.25) is 11.9 Å². The maximum atomic E-state index is 13.9. The zero-order valence-corrected chi connectivity index (χ0v) is 20.1. The highest BCUT2D eigenvalue weighted by Crippen LogP contribution is 2.44. The minimum absolute atomic E-state index is 0.183. The van der Waals surface area contributed by atoms with Crippen LogP contribution >= 0.6 is 0 Å². The number of methoxy groups -OCH3 is 2. The van der Waals surface area contributed by atoms with Gasteiger partial charge < -0.3 is 18.8 Å². The summed E-state index contributed by atoms with van der Waals surface area (Å²) in [6.07, 6.45) is 2.81. The van der Waals surface area contributed by atoms with E-state index in [0.717, 1.165) is 30.3 Å². The van der Waals surface area contributed by atoms with E-state index in [-0.39, 0.29) is 12.5 Å². The highest BCUT2D eigenvalue weighted by molar-refractivity contribution is 6.08. The Morgan fingerprint density at radius 3 is 2.56 bits per heavy atom. The largest absolute Gasteiger partial charge is 0.497 e. The minimum atomic E-state index is -1.08. The van der Waals surface area contributed by atoms with Crippen molar-refractivity contribution < 1.29 is 23.8 Å². The molecule has 0 saturated heterocycles. The number of unbranched alkanes of at least 4 members (excludes halogenated alkanes) is 2. The molecule has 1 aliphatic rings. The fourth-order valence-corrected chi connectivity index (χ4v) is 4.62. The van der Waals surface area contributed by atoms with Crippen LogP contribution in [0.5, 0.6) is 11.5 Å². The minimum Gasteiger partial charge on any atom is -0.497 e. The van der Waals surface area contributed by atoms with E-state index in [0.29, 0.717) is 29.6 Å². The van der Waals surface area contributed by atoms with Crippen LogP contribution < -0.4 is 14.4 Å². The molecular formula is C26H31N3O5. The molecule has 1 aromatic heterocycles. The van der Waals surface area contributed by atoms with Crippen molar-refractivity contribution in [1.29, 1.82) is 0 Å². The van der Waals surface area contributed by atoms with E-state index in [1.165, 1.54) is 0 Å². The monoisotopic (exact) mass is 465 g/mol. The summed E-state index contributed by atoms with van der Waals surface area (Å²) in [7, 11) is 3.14. The van der Waals surface area contributed by atoms with Gasteiger partial charge in [0.15, 0.2) is 5.92 Å². The molecule has 2 aromatic carbocycles. The zero-order valence-electron chi connectivity index (χ0n) is 20.1. The van der Waals surface area contributed by atoms with Crippen molar-refractivity contribution in [3.8, 4) is 11.5 Å². The number of hydrogen-bond donors (Lipinski definition) is 0. The summed E-state index contributed by atoms with van der Waals surface area (Å²) in [6, 6.07) is 12.4. The van der Waals surface area contributed by atoms with Crippen LogP contribution in [0.15, 0.2) is 42.5 Å². The van der Waals surface area contributed by atoms with E-state index in [4.69, 9.17) is 19.2 Å². The lowest BCUT2D eigenvalue weighted by Crippen LogP contribution is -2.50. The van der Waals surface area contributed by atoms with Crippen LogP contribution in [0, 0.1) is 5.92 Å². The lowest BCUT2D eigenvalue weighted by Gasteiger charge is -2.38. The Kier molecular flexibility index (Phi) is 7.05. The molecule has 1 aliphatic heterocycles. The summed E-state index contributed by atoms with van der Waals surface area (Å²) in [6.45, 7) is 4.52. The number of esters is 1. The van der Waals surface area contributed by atoms with Crippen molar-refractivity contribution in [2.45, 2.75) is 39.2 Å². The summed E-state index contributed by atoms with van der Waals surface area (Å²) in [5.74, 6) is -0.263. The van der Waals surface area contributed by atoms with Crippen molar-refractivity contribution in [3.05, 3.63) is 48.0 Å². The smallest absolute Gasteiger partial charge is 0.321 e. The first-order valence-corrected chi connectivity index (χ1v) is 11.7. The molecule has 0 saturated carbocycles. The Labute approximate surface area is 199 Å². The molecule has 180 valence electrons. The number of carbonyl (C=O) groups excluding carboxylic acids is 2. The van der Waals surface area contributed by atoms with Gasteiger partial charge in [0.25, 0.3) is 0 Å². The Hall–Kier alpha value is -3.55. The molecule has 1 amide bonds. The van der Waals surface area contributed by atoms with E-state index >= 15 is 0 Å². The van der Waals surface area contributed by atoms with Crippen LogP contribution in [-0.2, 0) is 14.3 Å². The summed E-state index contributed by atoms with van der Waals surface area (Å²) in [5, 5.41) is 0. The second-order valence-corrected chi connectivity index (χ2v) is 8.25. The number of benzene rings is 2. The predicted molar refractivity (Wildman–Crippen MR) is 129 cm³/mol. The summed E-state index contributed by atoms with van der Waals surface area (Å²) in [5.41, 5.74) is 2.28. The number of fused-ring (bicyclic) bond motifs is 3. The van der Waals surface area contributed by atoms with Crippen LogP contribution in [0.2, 0.25) is 0 Å². The maximum Gasteiger partial charge on any atom is 0.321 e. The second-order valence-electron chi connectivity index (χ2n) is 8.25. The molecule has 0 unspecified atom stereocenters. The first-order valence-electron chi connectivity index (χ1n) is 11.7. The fourth-order valence-electron chi connectivity index (χ4n) is 4.62.